The van der Waals surface area contributed by atoms with Crippen LogP contribution in [0.25, 0.3) is 6.08 Å². The van der Waals surface area contributed by atoms with Crippen molar-refractivity contribution in [3.05, 3.63) is 124 Å². The SMILES string of the molecule is Cc1ccc(N2C(=O)C(=Cc3ccc(Cl)c(Cl)c3)N=C2SCC(=O)Nc2ccc(Oc3ccccc3)cc2)cc1. The second-order valence-corrected chi connectivity index (χ2v) is 10.6. The number of benzene rings is 4. The van der Waals surface area contributed by atoms with Crippen LogP contribution in [0.2, 0.25) is 10.0 Å². The summed E-state index contributed by atoms with van der Waals surface area (Å²) < 4.78 is 5.80. The first-order valence-electron chi connectivity index (χ1n) is 12.3. The van der Waals surface area contributed by atoms with Gasteiger partial charge in [-0.2, -0.15) is 0 Å². The minimum absolute atomic E-state index is 0.0524. The lowest BCUT2D eigenvalue weighted by Crippen LogP contribution is -2.31. The number of amides is 2. The standard InChI is InChI=1S/C31H23Cl2N3O3S/c1-20-7-12-23(13-8-20)36-30(38)28(18-21-9-16-26(32)27(33)17-21)35-31(36)40-19-29(37)34-22-10-14-25(15-11-22)39-24-5-3-2-4-6-24/h2-18H,19H2,1H3,(H,34,37). The van der Waals surface area contributed by atoms with Crippen LogP contribution in [0.15, 0.2) is 108 Å². The van der Waals surface area contributed by atoms with Gasteiger partial charge in [-0.1, -0.05) is 76.9 Å². The van der Waals surface area contributed by atoms with Crippen LogP contribution < -0.4 is 15.0 Å². The molecule has 4 aromatic rings. The first-order valence-corrected chi connectivity index (χ1v) is 14.0. The molecule has 0 unspecified atom stereocenters. The summed E-state index contributed by atoms with van der Waals surface area (Å²) in [5.74, 6) is 0.909. The van der Waals surface area contributed by atoms with E-state index < -0.39 is 0 Å². The number of thioether (sulfide) groups is 1. The third-order valence-corrected chi connectivity index (χ3v) is 7.50. The Morgan fingerprint density at radius 1 is 0.925 bits per heavy atom. The number of hydrogen-bond acceptors (Lipinski definition) is 5. The number of para-hydroxylation sites is 1. The quantitative estimate of drug-likeness (QED) is 0.221. The van der Waals surface area contributed by atoms with E-state index in [0.29, 0.717) is 37.9 Å². The average molecular weight is 589 g/mol. The zero-order valence-electron chi connectivity index (χ0n) is 21.3. The van der Waals surface area contributed by atoms with Gasteiger partial charge in [0.05, 0.1) is 21.5 Å². The van der Waals surface area contributed by atoms with Gasteiger partial charge in [-0.05, 0) is 79.2 Å². The van der Waals surface area contributed by atoms with E-state index in [1.807, 2.05) is 61.5 Å². The van der Waals surface area contributed by atoms with Gasteiger partial charge < -0.3 is 10.1 Å². The molecule has 0 spiro atoms. The number of aryl methyl sites for hydroxylation is 1. The molecular formula is C31H23Cl2N3O3S. The van der Waals surface area contributed by atoms with Gasteiger partial charge in [0.15, 0.2) is 5.17 Å². The molecule has 0 aliphatic carbocycles. The number of halogens is 2. The molecule has 0 bridgehead atoms. The number of rotatable bonds is 7. The van der Waals surface area contributed by atoms with Crippen LogP contribution in [0.1, 0.15) is 11.1 Å². The van der Waals surface area contributed by atoms with E-state index in [2.05, 4.69) is 10.3 Å². The number of anilines is 2. The molecule has 40 heavy (non-hydrogen) atoms. The average Bonchev–Trinajstić information content (AvgIpc) is 3.26. The van der Waals surface area contributed by atoms with Crippen molar-refractivity contribution in [2.75, 3.05) is 16.0 Å². The molecule has 1 aliphatic heterocycles. The van der Waals surface area contributed by atoms with Gasteiger partial charge in [-0.3, -0.25) is 14.5 Å². The zero-order chi connectivity index (χ0) is 28.1. The van der Waals surface area contributed by atoms with E-state index >= 15 is 0 Å². The molecule has 9 heteroatoms. The normalized spacial score (nSPS) is 13.9. The van der Waals surface area contributed by atoms with Crippen molar-refractivity contribution >= 4 is 69.4 Å². The van der Waals surface area contributed by atoms with E-state index in [1.54, 1.807) is 48.5 Å². The van der Waals surface area contributed by atoms with Gasteiger partial charge in [-0.15, -0.1) is 0 Å². The largest absolute Gasteiger partial charge is 0.457 e. The monoisotopic (exact) mass is 587 g/mol. The van der Waals surface area contributed by atoms with Crippen molar-refractivity contribution in [1.29, 1.82) is 0 Å². The second kappa shape index (κ2) is 12.4. The molecule has 0 saturated heterocycles. The predicted molar refractivity (Wildman–Crippen MR) is 165 cm³/mol. The Kier molecular flexibility index (Phi) is 8.55. The van der Waals surface area contributed by atoms with Gasteiger partial charge in [0, 0.05) is 5.69 Å². The fourth-order valence-corrected chi connectivity index (χ4v) is 4.95. The zero-order valence-corrected chi connectivity index (χ0v) is 23.6. The summed E-state index contributed by atoms with van der Waals surface area (Å²) in [6, 6.07) is 29.2. The fourth-order valence-electron chi connectivity index (χ4n) is 3.83. The van der Waals surface area contributed by atoms with Crippen molar-refractivity contribution in [2.45, 2.75) is 6.92 Å². The van der Waals surface area contributed by atoms with Crippen molar-refractivity contribution < 1.29 is 14.3 Å². The fraction of sp³-hybridized carbons (Fsp3) is 0.0645. The number of hydrogen-bond donors (Lipinski definition) is 1. The van der Waals surface area contributed by atoms with E-state index in [1.165, 1.54) is 16.7 Å². The Balaban J connectivity index is 1.29. The maximum Gasteiger partial charge on any atom is 0.283 e. The van der Waals surface area contributed by atoms with Crippen LogP contribution in [0.4, 0.5) is 11.4 Å². The molecule has 1 aliphatic rings. The van der Waals surface area contributed by atoms with Crippen LogP contribution in [-0.2, 0) is 9.59 Å². The number of aliphatic imine (C=N–C) groups is 1. The molecule has 1 N–H and O–H groups in total. The van der Waals surface area contributed by atoms with Crippen molar-refractivity contribution in [1.82, 2.24) is 0 Å². The van der Waals surface area contributed by atoms with Crippen molar-refractivity contribution in [2.24, 2.45) is 4.99 Å². The maximum atomic E-state index is 13.4. The van der Waals surface area contributed by atoms with E-state index in [-0.39, 0.29) is 23.3 Å². The Bertz CT molecular complexity index is 1610. The molecule has 4 aromatic carbocycles. The summed E-state index contributed by atoms with van der Waals surface area (Å²) >= 11 is 13.4. The molecule has 0 atom stereocenters. The lowest BCUT2D eigenvalue weighted by molar-refractivity contribution is -0.114. The molecule has 0 fully saturated rings. The van der Waals surface area contributed by atoms with Gasteiger partial charge in [0.2, 0.25) is 5.91 Å². The number of carbonyl (C=O) groups excluding carboxylic acids is 2. The van der Waals surface area contributed by atoms with Crippen LogP contribution >= 0.6 is 35.0 Å². The Morgan fingerprint density at radius 2 is 1.62 bits per heavy atom. The first-order chi connectivity index (χ1) is 19.4. The first kappa shape index (κ1) is 27.5. The lowest BCUT2D eigenvalue weighted by Gasteiger charge is -2.18. The second-order valence-electron chi connectivity index (χ2n) is 8.85. The van der Waals surface area contributed by atoms with E-state index in [9.17, 15) is 9.59 Å². The van der Waals surface area contributed by atoms with Crippen LogP contribution in [0.3, 0.4) is 0 Å². The molecule has 200 valence electrons. The van der Waals surface area contributed by atoms with Gasteiger partial charge in [0.1, 0.15) is 17.2 Å². The Hall–Kier alpha value is -4.04. The summed E-state index contributed by atoms with van der Waals surface area (Å²) in [5.41, 5.74) is 3.28. The van der Waals surface area contributed by atoms with Crippen LogP contribution in [-0.4, -0.2) is 22.7 Å². The third kappa shape index (κ3) is 6.74. The summed E-state index contributed by atoms with van der Waals surface area (Å²) in [4.78, 5) is 32.3. The van der Waals surface area contributed by atoms with E-state index in [0.717, 1.165) is 11.3 Å². The lowest BCUT2D eigenvalue weighted by atomic mass is 10.2. The molecule has 2 amide bonds. The summed E-state index contributed by atoms with van der Waals surface area (Å²) in [6.45, 7) is 1.97. The highest BCUT2D eigenvalue weighted by Gasteiger charge is 2.32. The molecule has 0 saturated carbocycles. The molecule has 6 nitrogen and oxygen atoms in total. The van der Waals surface area contributed by atoms with Gasteiger partial charge in [0.25, 0.3) is 5.91 Å². The summed E-state index contributed by atoms with van der Waals surface area (Å²) in [6.07, 6.45) is 1.65. The third-order valence-electron chi connectivity index (χ3n) is 5.82. The molecule has 5 rings (SSSR count). The number of carbonyl (C=O) groups is 2. The Labute approximate surface area is 246 Å². The minimum Gasteiger partial charge on any atom is -0.457 e. The maximum absolute atomic E-state index is 13.4. The van der Waals surface area contributed by atoms with Crippen molar-refractivity contribution in [3.63, 3.8) is 0 Å². The summed E-state index contributed by atoms with van der Waals surface area (Å²) in [5, 5.41) is 4.09. The van der Waals surface area contributed by atoms with Crippen LogP contribution in [0, 0.1) is 6.92 Å². The van der Waals surface area contributed by atoms with Gasteiger partial charge >= 0.3 is 0 Å². The number of ether oxygens (including phenoxy) is 1. The van der Waals surface area contributed by atoms with Crippen LogP contribution in [0.5, 0.6) is 11.5 Å². The number of nitrogens with zero attached hydrogens (tertiary/aromatic N) is 2. The highest BCUT2D eigenvalue weighted by atomic mass is 35.5. The highest BCUT2D eigenvalue weighted by molar-refractivity contribution is 8.14. The molecular weight excluding hydrogens is 565 g/mol. The van der Waals surface area contributed by atoms with Crippen molar-refractivity contribution in [3.8, 4) is 11.5 Å². The number of amidine groups is 1. The molecule has 0 radical (unpaired) electrons. The smallest absolute Gasteiger partial charge is 0.283 e. The van der Waals surface area contributed by atoms with E-state index in [4.69, 9.17) is 27.9 Å². The predicted octanol–water partition coefficient (Wildman–Crippen LogP) is 8.21. The Morgan fingerprint density at radius 3 is 2.33 bits per heavy atom. The molecule has 0 aromatic heterocycles. The number of nitrogens with one attached hydrogen (secondary N) is 1. The highest BCUT2D eigenvalue weighted by Crippen LogP contribution is 2.31. The van der Waals surface area contributed by atoms with Gasteiger partial charge in [-0.25, -0.2) is 4.99 Å². The minimum atomic E-state index is -0.299. The molecule has 1 heterocycles. The topological polar surface area (TPSA) is 71.0 Å². The summed E-state index contributed by atoms with van der Waals surface area (Å²) in [7, 11) is 0.